The van der Waals surface area contributed by atoms with Crippen molar-refractivity contribution in [2.75, 3.05) is 18.0 Å². The second-order valence-corrected chi connectivity index (χ2v) is 11.4. The highest BCUT2D eigenvalue weighted by atomic mass is 16.6. The van der Waals surface area contributed by atoms with E-state index in [0.717, 1.165) is 33.3 Å². The monoisotopic (exact) mass is 550 g/mol. The standard InChI is InChI=1S/C33H34N4O4/c1-20-7-5-10-25(30(20)38)27-19-35-28-12-11-21(24-9-6-8-22(18-34)31(24)39)17-26(28)29(27)37-15-13-23(14-16-37)36-32(40)41-33(2,3)4/h5-12,17,19,23,38-39H,13-16H2,1-4H3,(H,36,40). The third kappa shape index (κ3) is 5.75. The molecule has 210 valence electrons. The van der Waals surface area contributed by atoms with Crippen LogP contribution in [0.5, 0.6) is 11.5 Å². The number of amides is 1. The van der Waals surface area contributed by atoms with Crippen LogP contribution >= 0.6 is 0 Å². The lowest BCUT2D eigenvalue weighted by Gasteiger charge is -2.36. The molecule has 3 N–H and O–H groups in total. The fraction of sp³-hybridized carbons (Fsp3) is 0.303. The van der Waals surface area contributed by atoms with Gasteiger partial charge in [0, 0.05) is 47.4 Å². The van der Waals surface area contributed by atoms with Gasteiger partial charge in [0.2, 0.25) is 0 Å². The number of nitrogens with one attached hydrogen (secondary N) is 1. The Morgan fingerprint density at radius 2 is 1.73 bits per heavy atom. The van der Waals surface area contributed by atoms with E-state index in [-0.39, 0.29) is 23.1 Å². The molecule has 1 aromatic heterocycles. The van der Waals surface area contributed by atoms with Gasteiger partial charge in [0.1, 0.15) is 23.2 Å². The lowest BCUT2D eigenvalue weighted by Crippen LogP contribution is -2.46. The summed E-state index contributed by atoms with van der Waals surface area (Å²) in [5.74, 6) is 0.136. The number of rotatable bonds is 4. The molecule has 1 fully saturated rings. The van der Waals surface area contributed by atoms with E-state index < -0.39 is 11.7 Å². The van der Waals surface area contributed by atoms with Gasteiger partial charge in [-0.3, -0.25) is 4.98 Å². The Hall–Kier alpha value is -4.77. The maximum Gasteiger partial charge on any atom is 0.407 e. The zero-order chi connectivity index (χ0) is 29.3. The van der Waals surface area contributed by atoms with Gasteiger partial charge in [-0.2, -0.15) is 5.26 Å². The Balaban J connectivity index is 1.58. The Bertz CT molecular complexity index is 1660. The van der Waals surface area contributed by atoms with E-state index in [1.165, 1.54) is 0 Å². The number of phenols is 2. The number of aromatic nitrogens is 1. The summed E-state index contributed by atoms with van der Waals surface area (Å²) in [5.41, 5.74) is 4.88. The number of fused-ring (bicyclic) bond motifs is 1. The molecule has 0 spiro atoms. The van der Waals surface area contributed by atoms with Gasteiger partial charge in [-0.05, 0) is 69.9 Å². The van der Waals surface area contributed by atoms with Crippen LogP contribution in [0.25, 0.3) is 33.2 Å². The Morgan fingerprint density at radius 1 is 1.02 bits per heavy atom. The molecular weight excluding hydrogens is 516 g/mol. The molecule has 5 rings (SSSR count). The van der Waals surface area contributed by atoms with E-state index in [4.69, 9.17) is 9.72 Å². The number of phenolic OH excluding ortho intramolecular Hbond substituents is 2. The average Bonchev–Trinajstić information content (AvgIpc) is 2.93. The van der Waals surface area contributed by atoms with Crippen LogP contribution < -0.4 is 10.2 Å². The molecule has 0 radical (unpaired) electrons. The predicted octanol–water partition coefficient (Wildman–Crippen LogP) is 6.65. The summed E-state index contributed by atoms with van der Waals surface area (Å²) >= 11 is 0. The average molecular weight is 551 g/mol. The van der Waals surface area contributed by atoms with Gasteiger partial charge in [-0.1, -0.05) is 36.4 Å². The molecule has 8 nitrogen and oxygen atoms in total. The Labute approximate surface area is 239 Å². The van der Waals surface area contributed by atoms with Gasteiger partial charge in [0.25, 0.3) is 0 Å². The number of aryl methyl sites for hydroxylation is 1. The molecule has 1 amide bonds. The van der Waals surface area contributed by atoms with Crippen molar-refractivity contribution >= 4 is 22.7 Å². The highest BCUT2D eigenvalue weighted by Gasteiger charge is 2.27. The summed E-state index contributed by atoms with van der Waals surface area (Å²) in [6, 6.07) is 18.6. The van der Waals surface area contributed by atoms with Crippen molar-refractivity contribution in [3.05, 3.63) is 71.9 Å². The lowest BCUT2D eigenvalue weighted by atomic mass is 9.94. The van der Waals surface area contributed by atoms with E-state index in [9.17, 15) is 20.3 Å². The number of pyridine rings is 1. The molecular formula is C33H34N4O4. The number of hydrogen-bond acceptors (Lipinski definition) is 7. The van der Waals surface area contributed by atoms with Crippen LogP contribution in [0.4, 0.5) is 10.5 Å². The first kappa shape index (κ1) is 27.8. The van der Waals surface area contributed by atoms with E-state index >= 15 is 0 Å². The molecule has 4 aromatic rings. The van der Waals surface area contributed by atoms with Crippen molar-refractivity contribution < 1.29 is 19.7 Å². The highest BCUT2D eigenvalue weighted by molar-refractivity contribution is 6.02. The van der Waals surface area contributed by atoms with Gasteiger partial charge >= 0.3 is 6.09 Å². The first-order valence-electron chi connectivity index (χ1n) is 13.7. The zero-order valence-electron chi connectivity index (χ0n) is 23.7. The third-order valence-corrected chi connectivity index (χ3v) is 7.37. The number of carbonyl (C=O) groups excluding carboxylic acids is 1. The third-order valence-electron chi connectivity index (χ3n) is 7.37. The number of nitrogens with zero attached hydrogens (tertiary/aromatic N) is 3. The molecule has 0 unspecified atom stereocenters. The molecule has 0 atom stereocenters. The number of benzene rings is 3. The summed E-state index contributed by atoms with van der Waals surface area (Å²) in [7, 11) is 0. The number of para-hydroxylation sites is 2. The minimum atomic E-state index is -0.565. The molecule has 41 heavy (non-hydrogen) atoms. The summed E-state index contributed by atoms with van der Waals surface area (Å²) in [4.78, 5) is 19.4. The van der Waals surface area contributed by atoms with E-state index in [0.29, 0.717) is 37.1 Å². The van der Waals surface area contributed by atoms with Crippen molar-refractivity contribution in [3.8, 4) is 39.8 Å². The van der Waals surface area contributed by atoms with Crippen LogP contribution in [-0.2, 0) is 4.74 Å². The number of alkyl carbamates (subject to hydrolysis) is 1. The van der Waals surface area contributed by atoms with Crippen LogP contribution in [0, 0.1) is 18.3 Å². The van der Waals surface area contributed by atoms with Crippen molar-refractivity contribution in [2.24, 2.45) is 0 Å². The summed E-state index contributed by atoms with van der Waals surface area (Å²) in [5, 5.41) is 35.1. The fourth-order valence-corrected chi connectivity index (χ4v) is 5.35. The van der Waals surface area contributed by atoms with Crippen LogP contribution in [0.2, 0.25) is 0 Å². The number of hydrogen-bond donors (Lipinski definition) is 3. The van der Waals surface area contributed by atoms with Gasteiger partial charge < -0.3 is 25.2 Å². The van der Waals surface area contributed by atoms with E-state index in [2.05, 4.69) is 10.2 Å². The quantitative estimate of drug-likeness (QED) is 0.260. The molecule has 1 aliphatic rings. The second-order valence-electron chi connectivity index (χ2n) is 11.4. The molecule has 0 bridgehead atoms. The summed E-state index contributed by atoms with van der Waals surface area (Å²) in [6.07, 6.45) is 2.81. The number of anilines is 1. The fourth-order valence-electron chi connectivity index (χ4n) is 5.35. The molecule has 0 saturated carbocycles. The van der Waals surface area contributed by atoms with Crippen LogP contribution in [0.3, 0.4) is 0 Å². The first-order valence-corrected chi connectivity index (χ1v) is 13.7. The number of nitriles is 1. The number of ether oxygens (including phenoxy) is 1. The molecule has 1 aliphatic heterocycles. The molecule has 0 aliphatic carbocycles. The second kappa shape index (κ2) is 11.0. The number of carbonyl (C=O) groups is 1. The molecule has 8 heteroatoms. The molecule has 1 saturated heterocycles. The topological polar surface area (TPSA) is 119 Å². The largest absolute Gasteiger partial charge is 0.507 e. The normalized spacial score (nSPS) is 14.1. The minimum absolute atomic E-state index is 0.0220. The Morgan fingerprint density at radius 3 is 2.44 bits per heavy atom. The SMILES string of the molecule is Cc1cccc(-c2cnc3ccc(-c4cccc(C#N)c4O)cc3c2N2CCC(NC(=O)OC(C)(C)C)CC2)c1O. The minimum Gasteiger partial charge on any atom is -0.507 e. The van der Waals surface area contributed by atoms with Crippen molar-refractivity contribution in [1.29, 1.82) is 5.26 Å². The summed E-state index contributed by atoms with van der Waals surface area (Å²) < 4.78 is 5.45. The van der Waals surface area contributed by atoms with Gasteiger partial charge in [0.15, 0.2) is 0 Å². The van der Waals surface area contributed by atoms with Crippen molar-refractivity contribution in [1.82, 2.24) is 10.3 Å². The van der Waals surface area contributed by atoms with Gasteiger partial charge in [-0.25, -0.2) is 4.79 Å². The van der Waals surface area contributed by atoms with Crippen LogP contribution in [0.1, 0.15) is 44.7 Å². The van der Waals surface area contributed by atoms with Crippen molar-refractivity contribution in [3.63, 3.8) is 0 Å². The van der Waals surface area contributed by atoms with Gasteiger partial charge in [0.05, 0.1) is 16.8 Å². The van der Waals surface area contributed by atoms with Gasteiger partial charge in [-0.15, -0.1) is 0 Å². The van der Waals surface area contributed by atoms with E-state index in [1.807, 2.05) is 70.2 Å². The lowest BCUT2D eigenvalue weighted by molar-refractivity contribution is 0.0497. The zero-order valence-corrected chi connectivity index (χ0v) is 23.7. The maximum atomic E-state index is 12.4. The van der Waals surface area contributed by atoms with Crippen molar-refractivity contribution in [2.45, 2.75) is 52.2 Å². The summed E-state index contributed by atoms with van der Waals surface area (Å²) in [6.45, 7) is 8.73. The molecule has 2 heterocycles. The maximum absolute atomic E-state index is 12.4. The molecule has 3 aromatic carbocycles. The smallest absolute Gasteiger partial charge is 0.407 e. The van der Waals surface area contributed by atoms with Crippen LogP contribution in [0.15, 0.2) is 60.8 Å². The number of aromatic hydroxyl groups is 2. The van der Waals surface area contributed by atoms with Crippen LogP contribution in [-0.4, -0.2) is 46.0 Å². The first-order chi connectivity index (χ1) is 19.6. The number of piperidine rings is 1. The Kier molecular flexibility index (Phi) is 7.46. The van der Waals surface area contributed by atoms with E-state index in [1.54, 1.807) is 24.4 Å². The highest BCUT2D eigenvalue weighted by Crippen LogP contribution is 2.43. The predicted molar refractivity (Wildman–Crippen MR) is 160 cm³/mol.